The van der Waals surface area contributed by atoms with Crippen molar-refractivity contribution in [3.05, 3.63) is 48.0 Å². The molecule has 0 heterocycles. The fourth-order valence-electron chi connectivity index (χ4n) is 1.66. The first-order chi connectivity index (χ1) is 9.63. The van der Waals surface area contributed by atoms with Crippen LogP contribution in [0.15, 0.2) is 52.3 Å². The van der Waals surface area contributed by atoms with Crippen LogP contribution in [0.25, 0.3) is 0 Å². The van der Waals surface area contributed by atoms with E-state index < -0.39 is 5.97 Å². The molecule has 0 bridgehead atoms. The zero-order valence-corrected chi connectivity index (χ0v) is 11.9. The van der Waals surface area contributed by atoms with Gasteiger partial charge >= 0.3 is 5.97 Å². The van der Waals surface area contributed by atoms with Crippen molar-refractivity contribution < 1.29 is 19.4 Å². The minimum atomic E-state index is -0.972. The maximum atomic E-state index is 11.3. The third-order valence-corrected chi connectivity index (χ3v) is 3.79. The van der Waals surface area contributed by atoms with E-state index in [1.165, 1.54) is 24.9 Å². The summed E-state index contributed by atoms with van der Waals surface area (Å²) in [6.45, 7) is 0. The van der Waals surface area contributed by atoms with Crippen molar-refractivity contribution in [2.75, 3.05) is 14.2 Å². The standard InChI is InChI=1S/C15H14O4S/c1-18-10-3-6-12(7-4-10)20-14-8-5-11(19-2)9-13(14)15(16)17/h3-9H,1-2H3,(H,16,17). The van der Waals surface area contributed by atoms with E-state index in [1.54, 1.807) is 19.2 Å². The van der Waals surface area contributed by atoms with Crippen molar-refractivity contribution in [3.63, 3.8) is 0 Å². The largest absolute Gasteiger partial charge is 0.497 e. The van der Waals surface area contributed by atoms with Gasteiger partial charge in [-0.2, -0.15) is 0 Å². The molecule has 0 saturated carbocycles. The average molecular weight is 290 g/mol. The predicted molar refractivity (Wildman–Crippen MR) is 77.1 cm³/mol. The first kappa shape index (κ1) is 14.3. The molecule has 0 aromatic heterocycles. The van der Waals surface area contributed by atoms with E-state index >= 15 is 0 Å². The summed E-state index contributed by atoms with van der Waals surface area (Å²) in [7, 11) is 3.12. The third kappa shape index (κ3) is 3.24. The van der Waals surface area contributed by atoms with Crippen LogP contribution in [-0.2, 0) is 0 Å². The Morgan fingerprint density at radius 1 is 1.00 bits per heavy atom. The molecule has 4 nitrogen and oxygen atoms in total. The number of hydrogen-bond donors (Lipinski definition) is 1. The Kier molecular flexibility index (Phi) is 4.53. The molecule has 0 fully saturated rings. The fourth-order valence-corrected chi connectivity index (χ4v) is 2.58. The van der Waals surface area contributed by atoms with Crippen molar-refractivity contribution in [2.45, 2.75) is 9.79 Å². The molecule has 0 amide bonds. The molecule has 2 rings (SSSR count). The summed E-state index contributed by atoms with van der Waals surface area (Å²) < 4.78 is 10.1. The first-order valence-electron chi connectivity index (χ1n) is 5.87. The summed E-state index contributed by atoms with van der Waals surface area (Å²) in [6, 6.07) is 12.5. The molecule has 2 aromatic rings. The van der Waals surface area contributed by atoms with Crippen molar-refractivity contribution >= 4 is 17.7 Å². The van der Waals surface area contributed by atoms with Gasteiger partial charge in [0.15, 0.2) is 0 Å². The van der Waals surface area contributed by atoms with E-state index in [4.69, 9.17) is 9.47 Å². The van der Waals surface area contributed by atoms with Gasteiger partial charge in [-0.1, -0.05) is 11.8 Å². The van der Waals surface area contributed by atoms with Crippen molar-refractivity contribution in [1.82, 2.24) is 0 Å². The molecule has 0 aliphatic carbocycles. The quantitative estimate of drug-likeness (QED) is 0.912. The van der Waals surface area contributed by atoms with E-state index in [-0.39, 0.29) is 5.56 Å². The molecule has 0 atom stereocenters. The highest BCUT2D eigenvalue weighted by Gasteiger charge is 2.12. The molecule has 5 heteroatoms. The van der Waals surface area contributed by atoms with Gasteiger partial charge in [0.25, 0.3) is 0 Å². The highest BCUT2D eigenvalue weighted by atomic mass is 32.2. The molecular weight excluding hydrogens is 276 g/mol. The molecule has 20 heavy (non-hydrogen) atoms. The number of carbonyl (C=O) groups is 1. The van der Waals surface area contributed by atoms with Crippen LogP contribution >= 0.6 is 11.8 Å². The highest BCUT2D eigenvalue weighted by Crippen LogP contribution is 2.33. The number of methoxy groups -OCH3 is 2. The van der Waals surface area contributed by atoms with E-state index in [1.807, 2.05) is 24.3 Å². The Bertz CT molecular complexity index is 608. The lowest BCUT2D eigenvalue weighted by Gasteiger charge is -2.08. The van der Waals surface area contributed by atoms with Gasteiger partial charge in [-0.05, 0) is 42.5 Å². The summed E-state index contributed by atoms with van der Waals surface area (Å²) in [5, 5.41) is 9.26. The van der Waals surface area contributed by atoms with Crippen LogP contribution in [0.4, 0.5) is 0 Å². The molecule has 0 spiro atoms. The minimum absolute atomic E-state index is 0.227. The molecule has 1 N–H and O–H groups in total. The van der Waals surface area contributed by atoms with Gasteiger partial charge < -0.3 is 14.6 Å². The van der Waals surface area contributed by atoms with Gasteiger partial charge in [0.05, 0.1) is 19.8 Å². The maximum Gasteiger partial charge on any atom is 0.336 e. The Labute approximate surface area is 121 Å². The van der Waals surface area contributed by atoms with Crippen LogP contribution in [0.5, 0.6) is 11.5 Å². The lowest BCUT2D eigenvalue weighted by molar-refractivity contribution is 0.0692. The molecule has 104 valence electrons. The van der Waals surface area contributed by atoms with Crippen LogP contribution in [0, 0.1) is 0 Å². The number of carboxylic acids is 1. The van der Waals surface area contributed by atoms with Crippen LogP contribution in [0.3, 0.4) is 0 Å². The molecule has 0 aliphatic rings. The SMILES string of the molecule is COc1ccc(Sc2ccc(OC)cc2C(=O)O)cc1. The lowest BCUT2D eigenvalue weighted by Crippen LogP contribution is -1.99. The molecule has 2 aromatic carbocycles. The Morgan fingerprint density at radius 2 is 1.60 bits per heavy atom. The van der Waals surface area contributed by atoms with E-state index in [2.05, 4.69) is 0 Å². The topological polar surface area (TPSA) is 55.8 Å². The summed E-state index contributed by atoms with van der Waals surface area (Å²) in [5.41, 5.74) is 0.227. The number of aromatic carboxylic acids is 1. The molecule has 0 unspecified atom stereocenters. The fraction of sp³-hybridized carbons (Fsp3) is 0.133. The van der Waals surface area contributed by atoms with Gasteiger partial charge in [0.1, 0.15) is 11.5 Å². The second kappa shape index (κ2) is 6.34. The second-order valence-corrected chi connectivity index (χ2v) is 5.06. The number of rotatable bonds is 5. The van der Waals surface area contributed by atoms with Crippen molar-refractivity contribution in [3.8, 4) is 11.5 Å². The zero-order chi connectivity index (χ0) is 14.5. The third-order valence-electron chi connectivity index (χ3n) is 2.70. The van der Waals surface area contributed by atoms with Gasteiger partial charge in [0, 0.05) is 9.79 Å². The van der Waals surface area contributed by atoms with Gasteiger partial charge in [-0.15, -0.1) is 0 Å². The van der Waals surface area contributed by atoms with Crippen LogP contribution in [-0.4, -0.2) is 25.3 Å². The number of hydrogen-bond acceptors (Lipinski definition) is 4. The van der Waals surface area contributed by atoms with Crippen LogP contribution in [0.2, 0.25) is 0 Å². The summed E-state index contributed by atoms with van der Waals surface area (Å²) in [6.07, 6.45) is 0. The van der Waals surface area contributed by atoms with Gasteiger partial charge in [-0.25, -0.2) is 4.79 Å². The molecule has 0 aliphatic heterocycles. The monoisotopic (exact) mass is 290 g/mol. The number of benzene rings is 2. The number of ether oxygens (including phenoxy) is 2. The molecule has 0 radical (unpaired) electrons. The Balaban J connectivity index is 2.29. The minimum Gasteiger partial charge on any atom is -0.497 e. The Morgan fingerprint density at radius 3 is 2.15 bits per heavy atom. The number of carboxylic acid groups (broad SMARTS) is 1. The smallest absolute Gasteiger partial charge is 0.336 e. The van der Waals surface area contributed by atoms with Crippen molar-refractivity contribution in [2.24, 2.45) is 0 Å². The van der Waals surface area contributed by atoms with E-state index in [0.29, 0.717) is 10.6 Å². The predicted octanol–water partition coefficient (Wildman–Crippen LogP) is 3.55. The normalized spacial score (nSPS) is 10.1. The maximum absolute atomic E-state index is 11.3. The summed E-state index contributed by atoms with van der Waals surface area (Å²) in [5.74, 6) is 0.323. The highest BCUT2D eigenvalue weighted by molar-refractivity contribution is 7.99. The van der Waals surface area contributed by atoms with E-state index in [9.17, 15) is 9.90 Å². The summed E-state index contributed by atoms with van der Waals surface area (Å²) in [4.78, 5) is 12.9. The van der Waals surface area contributed by atoms with Gasteiger partial charge in [-0.3, -0.25) is 0 Å². The summed E-state index contributed by atoms with van der Waals surface area (Å²) >= 11 is 1.39. The lowest BCUT2D eigenvalue weighted by atomic mass is 10.2. The van der Waals surface area contributed by atoms with Gasteiger partial charge in [0.2, 0.25) is 0 Å². The molecule has 0 saturated heterocycles. The Hall–Kier alpha value is -2.14. The zero-order valence-electron chi connectivity index (χ0n) is 11.1. The molecular formula is C15H14O4S. The van der Waals surface area contributed by atoms with Crippen LogP contribution in [0.1, 0.15) is 10.4 Å². The second-order valence-electron chi connectivity index (χ2n) is 3.94. The first-order valence-corrected chi connectivity index (χ1v) is 6.69. The average Bonchev–Trinajstić information content (AvgIpc) is 2.48. The van der Waals surface area contributed by atoms with E-state index in [0.717, 1.165) is 10.6 Å². The van der Waals surface area contributed by atoms with Crippen LogP contribution < -0.4 is 9.47 Å². The van der Waals surface area contributed by atoms with Crippen molar-refractivity contribution in [1.29, 1.82) is 0 Å².